The summed E-state index contributed by atoms with van der Waals surface area (Å²) >= 11 is 5.07. The van der Waals surface area contributed by atoms with Crippen LogP contribution in [0.2, 0.25) is 0 Å². The van der Waals surface area contributed by atoms with E-state index in [0.29, 0.717) is 0 Å². The molecule has 2 nitrogen and oxygen atoms in total. The van der Waals surface area contributed by atoms with Gasteiger partial charge in [-0.25, -0.2) is 4.79 Å². The van der Waals surface area contributed by atoms with E-state index >= 15 is 0 Å². The Kier molecular flexibility index (Phi) is 2.45. The molecule has 0 radical (unpaired) electrons. The molecule has 0 aromatic heterocycles. The van der Waals surface area contributed by atoms with Crippen LogP contribution < -0.4 is 0 Å². The molecule has 0 atom stereocenters. The highest BCUT2D eigenvalue weighted by molar-refractivity contribution is 6.22. The first-order valence-corrected chi connectivity index (χ1v) is 2.19. The molecule has 1 N–H and O–H groups in total. The fraction of sp³-hybridized carbons (Fsp3) is 0.250. The molecule has 0 fully saturated rings. The van der Waals surface area contributed by atoms with Crippen LogP contribution in [0.25, 0.3) is 0 Å². The van der Waals surface area contributed by atoms with Crippen molar-refractivity contribution in [1.82, 2.24) is 0 Å². The third kappa shape index (κ3) is 2.23. The van der Waals surface area contributed by atoms with Crippen molar-refractivity contribution in [2.75, 3.05) is 5.88 Å². The number of alkyl halides is 1. The number of hydrogen-bond acceptors (Lipinski definition) is 1. The lowest BCUT2D eigenvalue weighted by atomic mass is 10.4. The van der Waals surface area contributed by atoms with E-state index in [1.54, 1.807) is 0 Å². The molecule has 0 saturated carbocycles. The minimum absolute atomic E-state index is 0.00463. The largest absolute Gasteiger partial charge is 0.478 e. The first-order valence-electron chi connectivity index (χ1n) is 1.65. The highest BCUT2D eigenvalue weighted by Crippen LogP contribution is 1.90. The molecule has 0 spiro atoms. The van der Waals surface area contributed by atoms with Gasteiger partial charge in [0.05, 0.1) is 5.88 Å². The van der Waals surface area contributed by atoms with Crippen molar-refractivity contribution < 1.29 is 9.90 Å². The average molecular weight is 121 g/mol. The van der Waals surface area contributed by atoms with Crippen molar-refractivity contribution in [3.63, 3.8) is 0 Å². The van der Waals surface area contributed by atoms with Gasteiger partial charge < -0.3 is 5.11 Å². The van der Waals surface area contributed by atoms with Crippen LogP contribution in [0.5, 0.6) is 0 Å². The summed E-state index contributed by atoms with van der Waals surface area (Å²) in [6.45, 7) is 3.14. The fourth-order valence-electron chi connectivity index (χ4n) is 0.0572. The average Bonchev–Trinajstić information content (AvgIpc) is 1.65. The Morgan fingerprint density at radius 1 is 1.86 bits per heavy atom. The van der Waals surface area contributed by atoms with E-state index in [4.69, 9.17) is 16.7 Å². The molecule has 0 saturated heterocycles. The lowest BCUT2D eigenvalue weighted by Crippen LogP contribution is -1.98. The molecule has 0 amide bonds. The van der Waals surface area contributed by atoms with Crippen LogP contribution in [0.15, 0.2) is 12.2 Å². The van der Waals surface area contributed by atoms with Crippen LogP contribution in [0.4, 0.5) is 0 Å². The second-order valence-electron chi connectivity index (χ2n) is 1.04. The lowest BCUT2D eigenvalue weighted by molar-refractivity contribution is -0.132. The second kappa shape index (κ2) is 2.64. The maximum atomic E-state index is 9.75. The van der Waals surface area contributed by atoms with Gasteiger partial charge in [0.1, 0.15) is 0 Å². The van der Waals surface area contributed by atoms with Crippen LogP contribution >= 0.6 is 11.6 Å². The van der Waals surface area contributed by atoms with Crippen LogP contribution in [-0.4, -0.2) is 17.0 Å². The SMILES string of the molecule is C=C(CCl)C(=O)O. The van der Waals surface area contributed by atoms with Crippen molar-refractivity contribution in [3.8, 4) is 0 Å². The van der Waals surface area contributed by atoms with Gasteiger partial charge in [-0.2, -0.15) is 0 Å². The standard InChI is InChI=1S/C4H5ClO2/c1-3(2-5)4(6)7/h1-2H2,(H,6,7). The number of aliphatic carboxylic acids is 1. The molecule has 0 aromatic carbocycles. The molecule has 0 aliphatic rings. The van der Waals surface area contributed by atoms with Gasteiger partial charge >= 0.3 is 5.97 Å². The van der Waals surface area contributed by atoms with Gasteiger partial charge in [-0.15, -0.1) is 11.6 Å². The lowest BCUT2D eigenvalue weighted by Gasteiger charge is -1.86. The first kappa shape index (κ1) is 6.50. The Morgan fingerprint density at radius 2 is 2.29 bits per heavy atom. The zero-order valence-electron chi connectivity index (χ0n) is 3.65. The summed E-state index contributed by atoms with van der Waals surface area (Å²) < 4.78 is 0. The summed E-state index contributed by atoms with van der Waals surface area (Å²) in [7, 11) is 0. The van der Waals surface area contributed by atoms with E-state index in [-0.39, 0.29) is 11.5 Å². The van der Waals surface area contributed by atoms with Crippen molar-refractivity contribution in [2.24, 2.45) is 0 Å². The maximum Gasteiger partial charge on any atom is 0.332 e. The number of carboxylic acid groups (broad SMARTS) is 1. The molecule has 0 rings (SSSR count). The van der Waals surface area contributed by atoms with Crippen LogP contribution in [0.1, 0.15) is 0 Å². The normalized spacial score (nSPS) is 8.14. The van der Waals surface area contributed by atoms with Gasteiger partial charge in [0.2, 0.25) is 0 Å². The topological polar surface area (TPSA) is 37.3 Å². The van der Waals surface area contributed by atoms with E-state index in [2.05, 4.69) is 6.58 Å². The Labute approximate surface area is 46.4 Å². The van der Waals surface area contributed by atoms with Gasteiger partial charge in [0, 0.05) is 5.57 Å². The summed E-state index contributed by atoms with van der Waals surface area (Å²) in [4.78, 5) is 9.75. The molecule has 3 heteroatoms. The van der Waals surface area contributed by atoms with Gasteiger partial charge in [-0.05, 0) is 0 Å². The molecular weight excluding hydrogens is 115 g/mol. The van der Waals surface area contributed by atoms with E-state index < -0.39 is 5.97 Å². The van der Waals surface area contributed by atoms with E-state index in [1.807, 2.05) is 0 Å². The van der Waals surface area contributed by atoms with Crippen LogP contribution in [0, 0.1) is 0 Å². The van der Waals surface area contributed by atoms with Gasteiger partial charge in [0.15, 0.2) is 0 Å². The highest BCUT2D eigenvalue weighted by atomic mass is 35.5. The first-order chi connectivity index (χ1) is 3.18. The van der Waals surface area contributed by atoms with Crippen LogP contribution in [-0.2, 0) is 4.79 Å². The monoisotopic (exact) mass is 120 g/mol. The molecule has 0 unspecified atom stereocenters. The predicted octanol–water partition coefficient (Wildman–Crippen LogP) is 0.866. The molecular formula is C4H5ClO2. The van der Waals surface area contributed by atoms with Crippen molar-refractivity contribution >= 4 is 17.6 Å². The summed E-state index contributed by atoms with van der Waals surface area (Å²) in [5, 5.41) is 8.00. The Balaban J connectivity index is 3.58. The molecule has 0 aliphatic carbocycles. The maximum absolute atomic E-state index is 9.75. The summed E-state index contributed by atoms with van der Waals surface area (Å²) in [6, 6.07) is 0. The Morgan fingerprint density at radius 3 is 2.29 bits per heavy atom. The Bertz CT molecular complexity index is 97.9. The van der Waals surface area contributed by atoms with E-state index in [0.717, 1.165) is 0 Å². The molecule has 0 heterocycles. The van der Waals surface area contributed by atoms with Gasteiger partial charge in [-0.1, -0.05) is 6.58 Å². The van der Waals surface area contributed by atoms with E-state index in [9.17, 15) is 4.79 Å². The highest BCUT2D eigenvalue weighted by Gasteiger charge is 1.98. The zero-order valence-corrected chi connectivity index (χ0v) is 4.40. The summed E-state index contributed by atoms with van der Waals surface area (Å²) in [6.07, 6.45) is 0. The van der Waals surface area contributed by atoms with Crippen LogP contribution in [0.3, 0.4) is 0 Å². The molecule has 7 heavy (non-hydrogen) atoms. The van der Waals surface area contributed by atoms with Crippen molar-refractivity contribution in [3.05, 3.63) is 12.2 Å². The van der Waals surface area contributed by atoms with Gasteiger partial charge in [-0.3, -0.25) is 0 Å². The number of carbonyl (C=O) groups is 1. The minimum atomic E-state index is -1.03. The van der Waals surface area contributed by atoms with Crippen molar-refractivity contribution in [2.45, 2.75) is 0 Å². The number of carboxylic acids is 1. The zero-order chi connectivity index (χ0) is 5.86. The smallest absolute Gasteiger partial charge is 0.332 e. The quantitative estimate of drug-likeness (QED) is 0.434. The molecule has 0 aromatic rings. The number of rotatable bonds is 2. The third-order valence-corrected chi connectivity index (χ3v) is 0.786. The van der Waals surface area contributed by atoms with Crippen molar-refractivity contribution in [1.29, 1.82) is 0 Å². The van der Waals surface area contributed by atoms with Gasteiger partial charge in [0.25, 0.3) is 0 Å². The molecule has 0 bridgehead atoms. The molecule has 40 valence electrons. The third-order valence-electron chi connectivity index (χ3n) is 0.464. The number of hydrogen-bond donors (Lipinski definition) is 1. The fourth-order valence-corrected chi connectivity index (χ4v) is 0.171. The molecule has 0 aliphatic heterocycles. The second-order valence-corrected chi connectivity index (χ2v) is 1.31. The Hall–Kier alpha value is -0.500. The summed E-state index contributed by atoms with van der Waals surface area (Å²) in [5.74, 6) is -1.04. The summed E-state index contributed by atoms with van der Waals surface area (Å²) in [5.41, 5.74) is 0.0293. The predicted molar refractivity (Wildman–Crippen MR) is 27.5 cm³/mol. The minimum Gasteiger partial charge on any atom is -0.478 e. The van der Waals surface area contributed by atoms with E-state index in [1.165, 1.54) is 0 Å². The number of halogens is 1.